The van der Waals surface area contributed by atoms with Crippen LogP contribution in [0, 0.1) is 6.92 Å². The van der Waals surface area contributed by atoms with Crippen LogP contribution in [-0.4, -0.2) is 28.6 Å². The highest BCUT2D eigenvalue weighted by molar-refractivity contribution is 5.41. The van der Waals surface area contributed by atoms with Crippen molar-refractivity contribution in [3.05, 3.63) is 41.2 Å². The Labute approximate surface area is 120 Å². The third kappa shape index (κ3) is 2.89. The number of hydrogen-bond donors (Lipinski definition) is 1. The van der Waals surface area contributed by atoms with Crippen molar-refractivity contribution in [1.82, 2.24) is 20.3 Å². The molecule has 2 rings (SSSR count). The molecule has 0 fully saturated rings. The lowest BCUT2D eigenvalue weighted by atomic mass is 10.1. The molecule has 0 aliphatic carbocycles. The van der Waals surface area contributed by atoms with Gasteiger partial charge in [-0.15, -0.1) is 5.10 Å². The minimum Gasteiger partial charge on any atom is -0.380 e. The van der Waals surface area contributed by atoms with Crippen LogP contribution in [0.2, 0.25) is 0 Å². The van der Waals surface area contributed by atoms with E-state index in [4.69, 9.17) is 4.74 Å². The number of para-hydroxylation sites is 1. The van der Waals surface area contributed by atoms with E-state index in [1.165, 1.54) is 0 Å². The second-order valence-corrected chi connectivity index (χ2v) is 4.81. The number of methoxy groups -OCH3 is 1. The maximum absolute atomic E-state index is 5.25. The molecule has 2 aromatic rings. The summed E-state index contributed by atoms with van der Waals surface area (Å²) in [5.74, 6) is 0. The highest BCUT2D eigenvalue weighted by Crippen LogP contribution is 2.20. The van der Waals surface area contributed by atoms with Gasteiger partial charge in [0.2, 0.25) is 0 Å². The molecule has 108 valence electrons. The van der Waals surface area contributed by atoms with Crippen molar-refractivity contribution in [3.63, 3.8) is 0 Å². The average molecular weight is 274 g/mol. The molecule has 0 saturated carbocycles. The topological polar surface area (TPSA) is 52.0 Å². The zero-order valence-corrected chi connectivity index (χ0v) is 12.6. The number of ether oxygens (including phenoxy) is 1. The van der Waals surface area contributed by atoms with Gasteiger partial charge in [-0.2, -0.15) is 0 Å². The molecular weight excluding hydrogens is 252 g/mol. The molecule has 5 heteroatoms. The van der Waals surface area contributed by atoms with Crippen LogP contribution >= 0.6 is 0 Å². The number of rotatable bonds is 6. The normalized spacial score (nSPS) is 12.6. The summed E-state index contributed by atoms with van der Waals surface area (Å²) in [7, 11) is 1.70. The van der Waals surface area contributed by atoms with Gasteiger partial charge in [0.25, 0.3) is 0 Å². The smallest absolute Gasteiger partial charge is 0.103 e. The number of benzene rings is 1. The Hall–Kier alpha value is -1.72. The fourth-order valence-electron chi connectivity index (χ4n) is 2.37. The Kier molecular flexibility index (Phi) is 4.87. The van der Waals surface area contributed by atoms with Crippen LogP contribution in [0.4, 0.5) is 0 Å². The maximum Gasteiger partial charge on any atom is 0.103 e. The largest absolute Gasteiger partial charge is 0.380 e. The van der Waals surface area contributed by atoms with E-state index in [0.29, 0.717) is 6.61 Å². The van der Waals surface area contributed by atoms with Crippen molar-refractivity contribution in [2.45, 2.75) is 33.4 Å². The molecule has 0 aliphatic rings. The Morgan fingerprint density at radius 1 is 1.35 bits per heavy atom. The van der Waals surface area contributed by atoms with Crippen LogP contribution in [0.3, 0.4) is 0 Å². The van der Waals surface area contributed by atoms with E-state index < -0.39 is 0 Å². The van der Waals surface area contributed by atoms with Crippen molar-refractivity contribution in [2.24, 2.45) is 0 Å². The van der Waals surface area contributed by atoms with Crippen LogP contribution in [0.25, 0.3) is 5.69 Å². The van der Waals surface area contributed by atoms with Crippen molar-refractivity contribution < 1.29 is 4.74 Å². The molecular formula is C15H22N4O. The first kappa shape index (κ1) is 14.7. The predicted octanol–water partition coefficient (Wildman–Crippen LogP) is 2.39. The Morgan fingerprint density at radius 3 is 2.80 bits per heavy atom. The molecule has 0 radical (unpaired) electrons. The van der Waals surface area contributed by atoms with Crippen LogP contribution in [0.1, 0.15) is 36.8 Å². The molecule has 1 N–H and O–H groups in total. The van der Waals surface area contributed by atoms with Gasteiger partial charge in [0.15, 0.2) is 0 Å². The fourth-order valence-corrected chi connectivity index (χ4v) is 2.37. The zero-order chi connectivity index (χ0) is 14.5. The average Bonchev–Trinajstić information content (AvgIpc) is 2.82. The monoisotopic (exact) mass is 274 g/mol. The lowest BCUT2D eigenvalue weighted by Crippen LogP contribution is -2.19. The summed E-state index contributed by atoms with van der Waals surface area (Å²) < 4.78 is 7.14. The molecule has 1 aromatic carbocycles. The van der Waals surface area contributed by atoms with Crippen molar-refractivity contribution in [2.75, 3.05) is 13.7 Å². The molecule has 5 nitrogen and oxygen atoms in total. The van der Waals surface area contributed by atoms with Gasteiger partial charge in [0, 0.05) is 12.7 Å². The summed E-state index contributed by atoms with van der Waals surface area (Å²) in [6.07, 6.45) is 0. The molecule has 0 spiro atoms. The van der Waals surface area contributed by atoms with E-state index in [1.807, 2.05) is 35.9 Å². The van der Waals surface area contributed by atoms with Gasteiger partial charge >= 0.3 is 0 Å². The first-order valence-corrected chi connectivity index (χ1v) is 6.91. The molecule has 0 bridgehead atoms. The Morgan fingerprint density at radius 2 is 2.10 bits per heavy atom. The minimum atomic E-state index is 0.198. The van der Waals surface area contributed by atoms with E-state index >= 15 is 0 Å². The van der Waals surface area contributed by atoms with Crippen molar-refractivity contribution >= 4 is 0 Å². The molecule has 20 heavy (non-hydrogen) atoms. The zero-order valence-electron chi connectivity index (χ0n) is 12.6. The van der Waals surface area contributed by atoms with E-state index in [0.717, 1.165) is 29.2 Å². The van der Waals surface area contributed by atoms with Gasteiger partial charge in [0.1, 0.15) is 5.69 Å². The van der Waals surface area contributed by atoms with E-state index in [-0.39, 0.29) is 6.04 Å². The molecule has 1 aromatic heterocycles. The summed E-state index contributed by atoms with van der Waals surface area (Å²) >= 11 is 0. The molecule has 1 heterocycles. The maximum atomic E-state index is 5.25. The van der Waals surface area contributed by atoms with Crippen LogP contribution < -0.4 is 5.32 Å². The highest BCUT2D eigenvalue weighted by atomic mass is 16.5. The minimum absolute atomic E-state index is 0.198. The Balaban J connectivity index is 2.39. The Bertz CT molecular complexity index is 565. The van der Waals surface area contributed by atoms with E-state index in [1.54, 1.807) is 7.11 Å². The summed E-state index contributed by atoms with van der Waals surface area (Å²) in [5.41, 5.74) is 4.17. The van der Waals surface area contributed by atoms with Gasteiger partial charge in [-0.05, 0) is 26.5 Å². The highest BCUT2D eigenvalue weighted by Gasteiger charge is 2.16. The number of hydrogen-bond acceptors (Lipinski definition) is 4. The van der Waals surface area contributed by atoms with Crippen molar-refractivity contribution in [3.8, 4) is 5.69 Å². The number of nitrogens with zero attached hydrogens (tertiary/aromatic N) is 3. The first-order chi connectivity index (χ1) is 9.69. The van der Waals surface area contributed by atoms with Crippen LogP contribution in [0.5, 0.6) is 0 Å². The SMILES string of the molecule is CCNC(C)c1nnn(-c2ccccc2COC)c1C. The lowest BCUT2D eigenvalue weighted by Gasteiger charge is -2.12. The quantitative estimate of drug-likeness (QED) is 0.878. The number of nitrogens with one attached hydrogen (secondary N) is 1. The van der Waals surface area contributed by atoms with E-state index in [2.05, 4.69) is 29.5 Å². The van der Waals surface area contributed by atoms with Gasteiger partial charge < -0.3 is 10.1 Å². The fraction of sp³-hybridized carbons (Fsp3) is 0.467. The van der Waals surface area contributed by atoms with Crippen molar-refractivity contribution in [1.29, 1.82) is 0 Å². The van der Waals surface area contributed by atoms with Gasteiger partial charge in [-0.3, -0.25) is 0 Å². The molecule has 1 atom stereocenters. The van der Waals surface area contributed by atoms with Crippen LogP contribution in [-0.2, 0) is 11.3 Å². The van der Waals surface area contributed by atoms with E-state index in [9.17, 15) is 0 Å². The molecule has 0 saturated heterocycles. The first-order valence-electron chi connectivity index (χ1n) is 6.91. The van der Waals surface area contributed by atoms with Crippen LogP contribution in [0.15, 0.2) is 24.3 Å². The second kappa shape index (κ2) is 6.63. The summed E-state index contributed by atoms with van der Waals surface area (Å²) in [5, 5.41) is 12.0. The van der Waals surface area contributed by atoms with Gasteiger partial charge in [-0.25, -0.2) is 4.68 Å². The molecule has 1 unspecified atom stereocenters. The third-order valence-electron chi connectivity index (χ3n) is 3.37. The summed E-state index contributed by atoms with van der Waals surface area (Å²) in [4.78, 5) is 0. The van der Waals surface area contributed by atoms with Gasteiger partial charge in [-0.1, -0.05) is 30.3 Å². The predicted molar refractivity (Wildman–Crippen MR) is 78.9 cm³/mol. The molecule has 0 aliphatic heterocycles. The summed E-state index contributed by atoms with van der Waals surface area (Å²) in [6.45, 7) is 7.71. The standard InChI is InChI=1S/C15H22N4O/c1-5-16-11(2)15-12(3)19(18-17-15)14-9-7-6-8-13(14)10-20-4/h6-9,11,16H,5,10H2,1-4H3. The summed E-state index contributed by atoms with van der Waals surface area (Å²) in [6, 6.07) is 8.30. The molecule has 0 amide bonds. The third-order valence-corrected chi connectivity index (χ3v) is 3.37. The second-order valence-electron chi connectivity index (χ2n) is 4.81. The van der Waals surface area contributed by atoms with Gasteiger partial charge in [0.05, 0.1) is 24.0 Å². The number of aromatic nitrogens is 3. The lowest BCUT2D eigenvalue weighted by molar-refractivity contribution is 0.184.